The number of aromatic hydroxyl groups is 1. The summed E-state index contributed by atoms with van der Waals surface area (Å²) in [5.41, 5.74) is 8.74. The number of nitrogens with two attached hydrogens (primary N) is 1. The van der Waals surface area contributed by atoms with Crippen LogP contribution in [0.3, 0.4) is 0 Å². The summed E-state index contributed by atoms with van der Waals surface area (Å²) in [6, 6.07) is 3.71. The van der Waals surface area contributed by atoms with Gasteiger partial charge in [0.25, 0.3) is 0 Å². The highest BCUT2D eigenvalue weighted by Crippen LogP contribution is 2.32. The standard InChI is InChI=1S/C11H13N3O/c1-7-9(5-12)11(15)10(14-7)8-3-2-4-13-6-8/h2-4,6,14-15H,5,12H2,1H3. The number of aryl methyl sites for hydroxylation is 1. The molecule has 0 amide bonds. The summed E-state index contributed by atoms with van der Waals surface area (Å²) >= 11 is 0. The minimum Gasteiger partial charge on any atom is -0.505 e. The van der Waals surface area contributed by atoms with Gasteiger partial charge in [-0.25, -0.2) is 0 Å². The van der Waals surface area contributed by atoms with Crippen LogP contribution in [-0.2, 0) is 6.54 Å². The number of pyridine rings is 1. The summed E-state index contributed by atoms with van der Waals surface area (Å²) in [6.07, 6.45) is 3.39. The van der Waals surface area contributed by atoms with Crippen molar-refractivity contribution in [2.75, 3.05) is 0 Å². The van der Waals surface area contributed by atoms with E-state index in [0.717, 1.165) is 16.8 Å². The van der Waals surface area contributed by atoms with Crippen LogP contribution < -0.4 is 5.73 Å². The van der Waals surface area contributed by atoms with Crippen molar-refractivity contribution in [1.29, 1.82) is 0 Å². The Labute approximate surface area is 87.8 Å². The van der Waals surface area contributed by atoms with E-state index in [4.69, 9.17) is 5.73 Å². The summed E-state index contributed by atoms with van der Waals surface area (Å²) in [4.78, 5) is 7.11. The highest BCUT2D eigenvalue weighted by molar-refractivity contribution is 5.68. The van der Waals surface area contributed by atoms with Gasteiger partial charge in [0.05, 0.1) is 5.69 Å². The van der Waals surface area contributed by atoms with E-state index in [1.165, 1.54) is 0 Å². The Balaban J connectivity index is 2.55. The smallest absolute Gasteiger partial charge is 0.145 e. The highest BCUT2D eigenvalue weighted by atomic mass is 16.3. The molecule has 0 saturated heterocycles. The maximum absolute atomic E-state index is 9.92. The molecule has 0 atom stereocenters. The number of hydrogen-bond acceptors (Lipinski definition) is 3. The molecule has 0 radical (unpaired) electrons. The normalized spacial score (nSPS) is 10.5. The molecule has 0 saturated carbocycles. The predicted octanol–water partition coefficient (Wildman–Crippen LogP) is 1.55. The van der Waals surface area contributed by atoms with Gasteiger partial charge in [0.15, 0.2) is 0 Å². The van der Waals surface area contributed by atoms with E-state index in [2.05, 4.69) is 9.97 Å². The van der Waals surface area contributed by atoms with Gasteiger partial charge in [0.1, 0.15) is 5.75 Å². The minimum atomic E-state index is 0.225. The maximum atomic E-state index is 9.92. The topological polar surface area (TPSA) is 74.9 Å². The van der Waals surface area contributed by atoms with Crippen LogP contribution in [0, 0.1) is 6.92 Å². The fourth-order valence-corrected chi connectivity index (χ4v) is 1.62. The van der Waals surface area contributed by atoms with Crippen molar-refractivity contribution in [3.63, 3.8) is 0 Å². The van der Waals surface area contributed by atoms with Gasteiger partial charge in [-0.2, -0.15) is 0 Å². The summed E-state index contributed by atoms with van der Waals surface area (Å²) in [5, 5.41) is 9.92. The van der Waals surface area contributed by atoms with Crippen LogP contribution in [0.2, 0.25) is 0 Å². The zero-order valence-corrected chi connectivity index (χ0v) is 8.49. The number of nitrogens with one attached hydrogen (secondary N) is 1. The molecule has 2 rings (SSSR count). The van der Waals surface area contributed by atoms with E-state index in [-0.39, 0.29) is 5.75 Å². The molecule has 0 unspecified atom stereocenters. The third kappa shape index (κ3) is 1.59. The number of nitrogens with zero attached hydrogens (tertiary/aromatic N) is 1. The van der Waals surface area contributed by atoms with Crippen molar-refractivity contribution < 1.29 is 5.11 Å². The summed E-state index contributed by atoms with van der Waals surface area (Å²) in [7, 11) is 0. The SMILES string of the molecule is Cc1[nH]c(-c2cccnc2)c(O)c1CN. The van der Waals surface area contributed by atoms with Crippen LogP contribution in [0.5, 0.6) is 5.75 Å². The molecule has 2 aromatic rings. The fraction of sp³-hybridized carbons (Fsp3) is 0.182. The Morgan fingerprint density at radius 3 is 2.87 bits per heavy atom. The van der Waals surface area contributed by atoms with Crippen molar-refractivity contribution in [3.05, 3.63) is 35.8 Å². The van der Waals surface area contributed by atoms with Crippen LogP contribution in [-0.4, -0.2) is 15.1 Å². The average molecular weight is 203 g/mol. The van der Waals surface area contributed by atoms with E-state index >= 15 is 0 Å². The van der Waals surface area contributed by atoms with Gasteiger partial charge in [0, 0.05) is 35.8 Å². The first kappa shape index (κ1) is 9.73. The van der Waals surface area contributed by atoms with Gasteiger partial charge in [0.2, 0.25) is 0 Å². The van der Waals surface area contributed by atoms with Crippen molar-refractivity contribution in [2.45, 2.75) is 13.5 Å². The molecule has 4 nitrogen and oxygen atoms in total. The van der Waals surface area contributed by atoms with Crippen molar-refractivity contribution in [1.82, 2.24) is 9.97 Å². The molecule has 0 aromatic carbocycles. The first-order chi connectivity index (χ1) is 7.24. The third-order valence-electron chi connectivity index (χ3n) is 2.44. The molecule has 0 fully saturated rings. The second kappa shape index (κ2) is 3.74. The minimum absolute atomic E-state index is 0.225. The predicted molar refractivity (Wildman–Crippen MR) is 58.3 cm³/mol. The van der Waals surface area contributed by atoms with Crippen LogP contribution in [0.4, 0.5) is 0 Å². The molecule has 4 N–H and O–H groups in total. The monoisotopic (exact) mass is 203 g/mol. The van der Waals surface area contributed by atoms with E-state index < -0.39 is 0 Å². The third-order valence-corrected chi connectivity index (χ3v) is 2.44. The zero-order valence-electron chi connectivity index (χ0n) is 8.49. The molecule has 0 spiro atoms. The second-order valence-corrected chi connectivity index (χ2v) is 3.40. The quantitative estimate of drug-likeness (QED) is 0.693. The van der Waals surface area contributed by atoms with Gasteiger partial charge in [-0.3, -0.25) is 4.98 Å². The lowest BCUT2D eigenvalue weighted by molar-refractivity contribution is 0.472. The Hall–Kier alpha value is -1.81. The number of H-pyrrole nitrogens is 1. The average Bonchev–Trinajstić information content (AvgIpc) is 2.55. The summed E-state index contributed by atoms with van der Waals surface area (Å²) < 4.78 is 0. The molecule has 4 heteroatoms. The molecule has 2 heterocycles. The molecule has 0 aliphatic rings. The lowest BCUT2D eigenvalue weighted by atomic mass is 10.1. The van der Waals surface area contributed by atoms with Gasteiger partial charge in [-0.05, 0) is 19.1 Å². The highest BCUT2D eigenvalue weighted by Gasteiger charge is 2.13. The lowest BCUT2D eigenvalue weighted by Gasteiger charge is -1.98. The fourth-order valence-electron chi connectivity index (χ4n) is 1.62. The Morgan fingerprint density at radius 1 is 1.53 bits per heavy atom. The number of aromatic nitrogens is 2. The summed E-state index contributed by atoms with van der Waals surface area (Å²) in [5.74, 6) is 0.225. The molecular formula is C11H13N3O. The van der Waals surface area contributed by atoms with Crippen molar-refractivity contribution in [3.8, 4) is 17.0 Å². The van der Waals surface area contributed by atoms with Crippen LogP contribution in [0.15, 0.2) is 24.5 Å². The lowest BCUT2D eigenvalue weighted by Crippen LogP contribution is -1.96. The van der Waals surface area contributed by atoms with E-state index in [9.17, 15) is 5.11 Å². The number of rotatable bonds is 2. The summed E-state index contributed by atoms with van der Waals surface area (Å²) in [6.45, 7) is 2.22. The molecule has 2 aromatic heterocycles. The maximum Gasteiger partial charge on any atom is 0.145 e. The molecule has 0 aliphatic heterocycles. The van der Waals surface area contributed by atoms with Crippen LogP contribution in [0.1, 0.15) is 11.3 Å². The van der Waals surface area contributed by atoms with Gasteiger partial charge >= 0.3 is 0 Å². The van der Waals surface area contributed by atoms with Crippen LogP contribution in [0.25, 0.3) is 11.3 Å². The van der Waals surface area contributed by atoms with Gasteiger partial charge in [-0.15, -0.1) is 0 Å². The van der Waals surface area contributed by atoms with E-state index in [0.29, 0.717) is 12.2 Å². The molecule has 0 aliphatic carbocycles. The van der Waals surface area contributed by atoms with E-state index in [1.54, 1.807) is 12.4 Å². The van der Waals surface area contributed by atoms with Crippen LogP contribution >= 0.6 is 0 Å². The molecule has 15 heavy (non-hydrogen) atoms. The molecule has 78 valence electrons. The Kier molecular flexibility index (Phi) is 2.43. The van der Waals surface area contributed by atoms with E-state index in [1.807, 2.05) is 19.1 Å². The largest absolute Gasteiger partial charge is 0.505 e. The van der Waals surface area contributed by atoms with Gasteiger partial charge in [-0.1, -0.05) is 0 Å². The molecular weight excluding hydrogens is 190 g/mol. The molecule has 0 bridgehead atoms. The second-order valence-electron chi connectivity index (χ2n) is 3.40. The first-order valence-electron chi connectivity index (χ1n) is 4.75. The number of hydrogen-bond donors (Lipinski definition) is 3. The number of aromatic amines is 1. The zero-order chi connectivity index (χ0) is 10.8. The Bertz CT molecular complexity index is 462. The van der Waals surface area contributed by atoms with Crippen molar-refractivity contribution in [2.24, 2.45) is 5.73 Å². The van der Waals surface area contributed by atoms with Crippen molar-refractivity contribution >= 4 is 0 Å². The van der Waals surface area contributed by atoms with Gasteiger partial charge < -0.3 is 15.8 Å². The Morgan fingerprint density at radius 2 is 2.33 bits per heavy atom. The first-order valence-corrected chi connectivity index (χ1v) is 4.75.